The number of halogens is 4. The molecule has 0 radical (unpaired) electrons. The predicted molar refractivity (Wildman–Crippen MR) is 74.5 cm³/mol. The smallest absolute Gasteiger partial charge is 0.426 e. The number of hydrogen-bond donors (Lipinski definition) is 0. The summed E-state index contributed by atoms with van der Waals surface area (Å²) in [5, 5.41) is 0. The van der Waals surface area contributed by atoms with Crippen LogP contribution in [-0.2, 0) is 4.79 Å². The molecule has 1 aliphatic carbocycles. The monoisotopic (exact) mass is 334 g/mol. The van der Waals surface area contributed by atoms with E-state index >= 15 is 0 Å². The topological polar surface area (TPSA) is 35.5 Å². The summed E-state index contributed by atoms with van der Waals surface area (Å²) in [6.45, 7) is 2.11. The van der Waals surface area contributed by atoms with Gasteiger partial charge >= 0.3 is 12.3 Å². The first-order chi connectivity index (χ1) is 10.8. The van der Waals surface area contributed by atoms with Crippen molar-refractivity contribution in [1.82, 2.24) is 0 Å². The van der Waals surface area contributed by atoms with Gasteiger partial charge in [0.2, 0.25) is 0 Å². The zero-order valence-electron chi connectivity index (χ0n) is 12.7. The Bertz CT molecular complexity index is 549. The molecule has 0 unspecified atom stereocenters. The van der Waals surface area contributed by atoms with Gasteiger partial charge in [-0.15, -0.1) is 13.2 Å². The third kappa shape index (κ3) is 5.11. The third-order valence-electron chi connectivity index (χ3n) is 4.10. The Balaban J connectivity index is 1.95. The van der Waals surface area contributed by atoms with Gasteiger partial charge in [0.15, 0.2) is 11.6 Å². The van der Waals surface area contributed by atoms with Crippen molar-refractivity contribution in [1.29, 1.82) is 0 Å². The molecule has 0 bridgehead atoms. The standard InChI is InChI=1S/C16H18F4O3/c1-2-10-3-5-11(6-4-10)15(21)22-12-7-8-14(13(17)9-12)23-16(18,19)20/h7-11H,2-6H2,1H3. The van der Waals surface area contributed by atoms with Crippen LogP contribution >= 0.6 is 0 Å². The van der Waals surface area contributed by atoms with E-state index in [1.165, 1.54) is 0 Å². The third-order valence-corrected chi connectivity index (χ3v) is 4.10. The van der Waals surface area contributed by atoms with Crippen LogP contribution in [0.2, 0.25) is 0 Å². The number of rotatable bonds is 4. The van der Waals surface area contributed by atoms with E-state index in [4.69, 9.17) is 4.74 Å². The summed E-state index contributed by atoms with van der Waals surface area (Å²) in [6, 6.07) is 2.59. The molecule has 7 heteroatoms. The van der Waals surface area contributed by atoms with Crippen molar-refractivity contribution in [3.63, 3.8) is 0 Å². The number of carbonyl (C=O) groups is 1. The lowest BCUT2D eigenvalue weighted by Gasteiger charge is -2.26. The maximum absolute atomic E-state index is 13.6. The Hall–Kier alpha value is -1.79. The van der Waals surface area contributed by atoms with Crippen LogP contribution in [0, 0.1) is 17.7 Å². The van der Waals surface area contributed by atoms with E-state index in [9.17, 15) is 22.4 Å². The van der Waals surface area contributed by atoms with Crippen LogP contribution in [0.15, 0.2) is 18.2 Å². The minimum Gasteiger partial charge on any atom is -0.426 e. The fourth-order valence-electron chi connectivity index (χ4n) is 2.76. The van der Waals surface area contributed by atoms with Gasteiger partial charge in [-0.05, 0) is 43.7 Å². The highest BCUT2D eigenvalue weighted by Gasteiger charge is 2.32. The average molecular weight is 334 g/mol. The first-order valence-electron chi connectivity index (χ1n) is 7.55. The number of benzene rings is 1. The van der Waals surface area contributed by atoms with Crippen molar-refractivity contribution >= 4 is 5.97 Å². The van der Waals surface area contributed by atoms with Gasteiger partial charge in [0, 0.05) is 6.07 Å². The van der Waals surface area contributed by atoms with Gasteiger partial charge in [-0.2, -0.15) is 0 Å². The Kier molecular flexibility index (Phi) is 5.49. The van der Waals surface area contributed by atoms with Crippen LogP contribution in [0.3, 0.4) is 0 Å². The number of ether oxygens (including phenoxy) is 2. The molecule has 0 aromatic heterocycles. The van der Waals surface area contributed by atoms with Gasteiger partial charge in [0.25, 0.3) is 0 Å². The highest BCUT2D eigenvalue weighted by molar-refractivity contribution is 5.75. The number of esters is 1. The maximum atomic E-state index is 13.6. The van der Waals surface area contributed by atoms with Crippen molar-refractivity contribution in [3.05, 3.63) is 24.0 Å². The average Bonchev–Trinajstić information content (AvgIpc) is 2.49. The minimum atomic E-state index is -4.98. The largest absolute Gasteiger partial charge is 0.573 e. The Morgan fingerprint density at radius 2 is 1.87 bits per heavy atom. The van der Waals surface area contributed by atoms with Crippen LogP contribution in [-0.4, -0.2) is 12.3 Å². The van der Waals surface area contributed by atoms with Gasteiger partial charge in [-0.1, -0.05) is 13.3 Å². The lowest BCUT2D eigenvalue weighted by Crippen LogP contribution is -2.25. The number of carbonyl (C=O) groups excluding carboxylic acids is 1. The summed E-state index contributed by atoms with van der Waals surface area (Å²) in [5.74, 6) is -2.41. The summed E-state index contributed by atoms with van der Waals surface area (Å²) in [4.78, 5) is 12.0. The molecule has 1 aliphatic rings. The first kappa shape index (κ1) is 17.6. The molecular formula is C16H18F4O3. The summed E-state index contributed by atoms with van der Waals surface area (Å²) >= 11 is 0. The van der Waals surface area contributed by atoms with Crippen LogP contribution in [0.5, 0.6) is 11.5 Å². The molecule has 0 spiro atoms. The summed E-state index contributed by atoms with van der Waals surface area (Å²) in [7, 11) is 0. The Morgan fingerprint density at radius 1 is 1.22 bits per heavy atom. The maximum Gasteiger partial charge on any atom is 0.573 e. The van der Waals surface area contributed by atoms with Crippen LogP contribution < -0.4 is 9.47 Å². The zero-order chi connectivity index (χ0) is 17.0. The Labute approximate surface area is 131 Å². The van der Waals surface area contributed by atoms with E-state index in [-0.39, 0.29) is 11.7 Å². The van der Waals surface area contributed by atoms with Gasteiger partial charge in [-0.25, -0.2) is 4.39 Å². The Morgan fingerprint density at radius 3 is 2.39 bits per heavy atom. The van der Waals surface area contributed by atoms with Crippen molar-refractivity contribution < 1.29 is 31.8 Å². The van der Waals surface area contributed by atoms with Crippen molar-refractivity contribution in [2.75, 3.05) is 0 Å². The van der Waals surface area contributed by atoms with E-state index < -0.39 is 23.9 Å². The second-order valence-electron chi connectivity index (χ2n) is 5.69. The normalized spacial score (nSPS) is 21.8. The molecule has 0 aliphatic heterocycles. The van der Waals surface area contributed by atoms with Crippen molar-refractivity contribution in [2.45, 2.75) is 45.4 Å². The molecule has 3 nitrogen and oxygen atoms in total. The predicted octanol–water partition coefficient (Wildman–Crippen LogP) is 4.85. The summed E-state index contributed by atoms with van der Waals surface area (Å²) in [5.41, 5.74) is 0. The molecule has 0 amide bonds. The molecule has 0 N–H and O–H groups in total. The lowest BCUT2D eigenvalue weighted by atomic mass is 9.81. The first-order valence-corrected chi connectivity index (χ1v) is 7.55. The lowest BCUT2D eigenvalue weighted by molar-refractivity contribution is -0.275. The minimum absolute atomic E-state index is 0.125. The molecule has 0 atom stereocenters. The van der Waals surface area contributed by atoms with Gasteiger partial charge in [-0.3, -0.25) is 4.79 Å². The summed E-state index contributed by atoms with van der Waals surface area (Å²) in [6.07, 6.45) is -0.569. The van der Waals surface area contributed by atoms with Crippen molar-refractivity contribution in [2.24, 2.45) is 11.8 Å². The highest BCUT2D eigenvalue weighted by atomic mass is 19.4. The van der Waals surface area contributed by atoms with Crippen LogP contribution in [0.25, 0.3) is 0 Å². The molecule has 1 aromatic rings. The van der Waals surface area contributed by atoms with E-state index in [1.807, 2.05) is 0 Å². The molecule has 2 rings (SSSR count). The summed E-state index contributed by atoms with van der Waals surface area (Å²) < 4.78 is 58.3. The van der Waals surface area contributed by atoms with Gasteiger partial charge in [0.05, 0.1) is 5.92 Å². The van der Waals surface area contributed by atoms with Crippen molar-refractivity contribution in [3.8, 4) is 11.5 Å². The van der Waals surface area contributed by atoms with E-state index in [1.54, 1.807) is 0 Å². The van der Waals surface area contributed by atoms with E-state index in [0.717, 1.165) is 50.3 Å². The second-order valence-corrected chi connectivity index (χ2v) is 5.69. The molecule has 1 fully saturated rings. The van der Waals surface area contributed by atoms with E-state index in [2.05, 4.69) is 11.7 Å². The molecule has 0 saturated heterocycles. The fourth-order valence-corrected chi connectivity index (χ4v) is 2.76. The molecule has 1 saturated carbocycles. The highest BCUT2D eigenvalue weighted by Crippen LogP contribution is 2.32. The van der Waals surface area contributed by atoms with E-state index in [0.29, 0.717) is 5.92 Å². The van der Waals surface area contributed by atoms with Crippen LogP contribution in [0.1, 0.15) is 39.0 Å². The second kappa shape index (κ2) is 7.19. The van der Waals surface area contributed by atoms with Gasteiger partial charge in [0.1, 0.15) is 5.75 Å². The quantitative estimate of drug-likeness (QED) is 0.449. The number of alkyl halides is 3. The number of hydrogen-bond acceptors (Lipinski definition) is 3. The molecule has 23 heavy (non-hydrogen) atoms. The van der Waals surface area contributed by atoms with Crippen LogP contribution in [0.4, 0.5) is 17.6 Å². The molecule has 1 aromatic carbocycles. The molecule has 0 heterocycles. The fraction of sp³-hybridized carbons (Fsp3) is 0.562. The van der Waals surface area contributed by atoms with Gasteiger partial charge < -0.3 is 9.47 Å². The molecular weight excluding hydrogens is 316 g/mol. The zero-order valence-corrected chi connectivity index (χ0v) is 12.7. The SMILES string of the molecule is CCC1CCC(C(=O)Oc2ccc(OC(F)(F)F)c(F)c2)CC1. The molecule has 128 valence electrons.